The van der Waals surface area contributed by atoms with Gasteiger partial charge in [0, 0.05) is 29.4 Å². The lowest BCUT2D eigenvalue weighted by Gasteiger charge is -2.05. The van der Waals surface area contributed by atoms with Crippen molar-refractivity contribution in [1.82, 2.24) is 5.32 Å². The lowest BCUT2D eigenvalue weighted by molar-refractivity contribution is -0.148. The van der Waals surface area contributed by atoms with Crippen molar-refractivity contribution < 1.29 is 18.5 Å². The number of hydrogen-bond acceptors (Lipinski definition) is 5. The molecule has 0 aliphatic carbocycles. The van der Waals surface area contributed by atoms with E-state index in [-0.39, 0.29) is 12.6 Å². The summed E-state index contributed by atoms with van der Waals surface area (Å²) < 4.78 is 20.5. The average Bonchev–Trinajstić information content (AvgIpc) is 2.22. The Morgan fingerprint density at radius 2 is 2.12 bits per heavy atom. The topological polar surface area (TPSA) is 64.6 Å². The van der Waals surface area contributed by atoms with E-state index in [0.717, 1.165) is 18.7 Å². The molecule has 16 heavy (non-hydrogen) atoms. The third-order valence-corrected chi connectivity index (χ3v) is 2.60. The van der Waals surface area contributed by atoms with Crippen molar-refractivity contribution in [2.45, 2.75) is 13.3 Å². The highest BCUT2D eigenvalue weighted by Crippen LogP contribution is 1.83. The normalized spacial score (nSPS) is 12.4. The predicted octanol–water partition coefficient (Wildman–Crippen LogP) is -0.0757. The Balaban J connectivity index is 3.09. The van der Waals surface area contributed by atoms with E-state index in [1.54, 1.807) is 13.2 Å². The highest BCUT2D eigenvalue weighted by atomic mass is 32.2. The zero-order chi connectivity index (χ0) is 12.2. The molecule has 0 spiro atoms. The van der Waals surface area contributed by atoms with Gasteiger partial charge in [-0.25, -0.2) is 4.79 Å². The summed E-state index contributed by atoms with van der Waals surface area (Å²) in [5.41, 5.74) is 0. The van der Waals surface area contributed by atoms with Crippen LogP contribution in [0.5, 0.6) is 0 Å². The summed E-state index contributed by atoms with van der Waals surface area (Å²) in [5.74, 6) is 0.389. The van der Waals surface area contributed by atoms with Crippen LogP contribution in [0.3, 0.4) is 0 Å². The summed E-state index contributed by atoms with van der Waals surface area (Å²) in [6, 6.07) is 0. The van der Waals surface area contributed by atoms with Crippen LogP contribution in [0.25, 0.3) is 0 Å². The SMILES string of the molecule is CCOC(=O)COCCNCCCS(C)=O. The van der Waals surface area contributed by atoms with Crippen LogP contribution < -0.4 is 5.32 Å². The molecular formula is C10H21NO4S. The molecule has 1 unspecified atom stereocenters. The number of ether oxygens (including phenoxy) is 2. The quantitative estimate of drug-likeness (QED) is 0.435. The molecule has 1 N–H and O–H groups in total. The minimum Gasteiger partial charge on any atom is -0.464 e. The molecule has 0 aliphatic heterocycles. The van der Waals surface area contributed by atoms with Crippen molar-refractivity contribution in [1.29, 1.82) is 0 Å². The molecule has 1 atom stereocenters. The molecule has 0 aromatic rings. The van der Waals surface area contributed by atoms with Gasteiger partial charge in [-0.05, 0) is 19.9 Å². The first-order chi connectivity index (χ1) is 7.66. The summed E-state index contributed by atoms with van der Waals surface area (Å²) in [7, 11) is -0.715. The first-order valence-corrected chi connectivity index (χ1v) is 7.13. The zero-order valence-corrected chi connectivity index (χ0v) is 10.8. The smallest absolute Gasteiger partial charge is 0.332 e. The first kappa shape index (κ1) is 15.5. The molecule has 5 nitrogen and oxygen atoms in total. The van der Waals surface area contributed by atoms with Gasteiger partial charge in [-0.3, -0.25) is 4.21 Å². The van der Waals surface area contributed by atoms with Crippen molar-refractivity contribution in [3.8, 4) is 0 Å². The second kappa shape index (κ2) is 11.0. The molecule has 0 aliphatic rings. The highest BCUT2D eigenvalue weighted by molar-refractivity contribution is 7.84. The van der Waals surface area contributed by atoms with Crippen LogP contribution in [-0.2, 0) is 25.1 Å². The number of carbonyl (C=O) groups excluding carboxylic acids is 1. The van der Waals surface area contributed by atoms with Crippen LogP contribution in [0.1, 0.15) is 13.3 Å². The van der Waals surface area contributed by atoms with Crippen LogP contribution in [-0.4, -0.2) is 55.1 Å². The molecule has 0 rings (SSSR count). The van der Waals surface area contributed by atoms with Gasteiger partial charge in [0.05, 0.1) is 13.2 Å². The Morgan fingerprint density at radius 3 is 2.75 bits per heavy atom. The van der Waals surface area contributed by atoms with Crippen LogP contribution in [0.4, 0.5) is 0 Å². The predicted molar refractivity (Wildman–Crippen MR) is 63.9 cm³/mol. The summed E-state index contributed by atoms with van der Waals surface area (Å²) >= 11 is 0. The molecule has 96 valence electrons. The number of esters is 1. The Labute approximate surface area is 99.3 Å². The molecule has 0 bridgehead atoms. The first-order valence-electron chi connectivity index (χ1n) is 5.41. The molecule has 0 heterocycles. The third kappa shape index (κ3) is 11.6. The Morgan fingerprint density at radius 1 is 1.38 bits per heavy atom. The van der Waals surface area contributed by atoms with Crippen LogP contribution in [0, 0.1) is 0 Å². The number of hydrogen-bond donors (Lipinski definition) is 1. The van der Waals surface area contributed by atoms with Crippen molar-refractivity contribution in [2.24, 2.45) is 0 Å². The molecule has 0 radical (unpaired) electrons. The Bertz CT molecular complexity index is 211. The molecule has 0 saturated heterocycles. The van der Waals surface area contributed by atoms with Crippen molar-refractivity contribution in [3.63, 3.8) is 0 Å². The average molecular weight is 251 g/mol. The summed E-state index contributed by atoms with van der Waals surface area (Å²) in [6.45, 7) is 4.15. The van der Waals surface area contributed by atoms with E-state index in [4.69, 9.17) is 9.47 Å². The number of carbonyl (C=O) groups is 1. The van der Waals surface area contributed by atoms with Gasteiger partial charge in [0.2, 0.25) is 0 Å². The minimum absolute atomic E-state index is 0.00843. The zero-order valence-electron chi connectivity index (χ0n) is 9.99. The van der Waals surface area contributed by atoms with Gasteiger partial charge < -0.3 is 14.8 Å². The maximum Gasteiger partial charge on any atom is 0.332 e. The third-order valence-electron chi connectivity index (χ3n) is 1.73. The lowest BCUT2D eigenvalue weighted by atomic mass is 10.5. The van der Waals surface area contributed by atoms with E-state index >= 15 is 0 Å². The van der Waals surface area contributed by atoms with Gasteiger partial charge in [0.1, 0.15) is 6.61 Å². The minimum atomic E-state index is -0.715. The van der Waals surface area contributed by atoms with E-state index in [1.165, 1.54) is 0 Å². The molecule has 0 aromatic carbocycles. The van der Waals surface area contributed by atoms with E-state index in [2.05, 4.69) is 5.32 Å². The monoisotopic (exact) mass is 251 g/mol. The second-order valence-corrected chi connectivity index (χ2v) is 4.79. The molecule has 0 amide bonds. The number of rotatable bonds is 10. The Hall–Kier alpha value is -0.460. The molecule has 0 fully saturated rings. The van der Waals surface area contributed by atoms with Crippen LogP contribution in [0.2, 0.25) is 0 Å². The fourth-order valence-electron chi connectivity index (χ4n) is 1.03. The lowest BCUT2D eigenvalue weighted by Crippen LogP contribution is -2.23. The van der Waals surface area contributed by atoms with Gasteiger partial charge >= 0.3 is 5.97 Å². The van der Waals surface area contributed by atoms with Gasteiger partial charge in [-0.15, -0.1) is 0 Å². The van der Waals surface area contributed by atoms with Gasteiger partial charge in [-0.2, -0.15) is 0 Å². The fraction of sp³-hybridized carbons (Fsp3) is 0.900. The molecule has 0 aromatic heterocycles. The Kier molecular flexibility index (Phi) is 10.7. The summed E-state index contributed by atoms with van der Waals surface area (Å²) in [4.78, 5) is 10.9. The van der Waals surface area contributed by atoms with Gasteiger partial charge in [0.25, 0.3) is 0 Å². The van der Waals surface area contributed by atoms with E-state index < -0.39 is 10.8 Å². The van der Waals surface area contributed by atoms with Crippen molar-refractivity contribution in [3.05, 3.63) is 0 Å². The van der Waals surface area contributed by atoms with E-state index in [9.17, 15) is 9.00 Å². The van der Waals surface area contributed by atoms with Crippen LogP contribution in [0.15, 0.2) is 0 Å². The molecular weight excluding hydrogens is 230 g/mol. The maximum absolute atomic E-state index is 10.9. The molecule has 6 heteroatoms. The van der Waals surface area contributed by atoms with E-state index in [0.29, 0.717) is 19.8 Å². The van der Waals surface area contributed by atoms with Crippen molar-refractivity contribution in [2.75, 3.05) is 44.9 Å². The fourth-order valence-corrected chi connectivity index (χ4v) is 1.58. The van der Waals surface area contributed by atoms with Crippen molar-refractivity contribution >= 4 is 16.8 Å². The van der Waals surface area contributed by atoms with E-state index in [1.807, 2.05) is 0 Å². The maximum atomic E-state index is 10.9. The number of nitrogens with one attached hydrogen (secondary N) is 1. The highest BCUT2D eigenvalue weighted by Gasteiger charge is 2.00. The van der Waals surface area contributed by atoms with Gasteiger partial charge in [0.15, 0.2) is 0 Å². The second-order valence-electron chi connectivity index (χ2n) is 3.24. The largest absolute Gasteiger partial charge is 0.464 e. The van der Waals surface area contributed by atoms with Gasteiger partial charge in [-0.1, -0.05) is 0 Å². The summed E-state index contributed by atoms with van der Waals surface area (Å²) in [5, 5.41) is 3.13. The van der Waals surface area contributed by atoms with Crippen LogP contribution >= 0.6 is 0 Å². The molecule has 0 saturated carbocycles. The summed E-state index contributed by atoms with van der Waals surface area (Å²) in [6.07, 6.45) is 2.59. The standard InChI is InChI=1S/C10H21NO4S/c1-3-15-10(12)9-14-7-6-11-5-4-8-16(2)13/h11H,3-9H2,1-2H3.